The predicted molar refractivity (Wildman–Crippen MR) is 117 cm³/mol. The molecule has 11 unspecified atom stereocenters. The molecule has 36 heavy (non-hydrogen) atoms. The van der Waals surface area contributed by atoms with Crippen LogP contribution in [0.4, 0.5) is 0 Å². The van der Waals surface area contributed by atoms with Gasteiger partial charge in [0.05, 0.1) is 48.1 Å². The number of Topliss-reactive ketones (excluding diaryl/α,β-unsaturated/α-hetero) is 1. The number of fused-ring (bicyclic) bond motifs is 1. The summed E-state index contributed by atoms with van der Waals surface area (Å²) in [6, 6.07) is 1.67. The highest BCUT2D eigenvalue weighted by Crippen LogP contribution is 2.80. The van der Waals surface area contributed by atoms with Crippen LogP contribution in [0.3, 0.4) is 0 Å². The minimum Gasteiger partial charge on any atom is -0.472 e. The van der Waals surface area contributed by atoms with Gasteiger partial charge >= 0.3 is 11.9 Å². The summed E-state index contributed by atoms with van der Waals surface area (Å²) in [5, 5.41) is 23.7. The Morgan fingerprint density at radius 2 is 1.75 bits per heavy atom. The minimum absolute atomic E-state index is 0.0276. The van der Waals surface area contributed by atoms with Gasteiger partial charge in [-0.25, -0.2) is 4.79 Å². The van der Waals surface area contributed by atoms with E-state index >= 15 is 0 Å². The topological polar surface area (TPSA) is 145 Å². The predicted octanol–water partition coefficient (Wildman–Crippen LogP) is 1.08. The van der Waals surface area contributed by atoms with Crippen molar-refractivity contribution in [2.24, 2.45) is 28.1 Å². The number of ether oxygens (including phenoxy) is 4. The molecule has 2 aliphatic carbocycles. The highest BCUT2D eigenvalue weighted by molar-refractivity contribution is 5.92. The number of hydrogen-bond acceptors (Lipinski definition) is 10. The molecule has 194 valence electrons. The van der Waals surface area contributed by atoms with Gasteiger partial charge in [0.25, 0.3) is 0 Å². The lowest BCUT2D eigenvalue weighted by atomic mass is 9.36. The number of aliphatic hydroxyl groups excluding tert-OH is 2. The Hall–Kier alpha value is -2.27. The fourth-order valence-corrected chi connectivity index (χ4v) is 9.45. The number of hydrogen-bond donors (Lipinski definition) is 2. The molecule has 6 aliphatic rings. The molecule has 11 atom stereocenters. The summed E-state index contributed by atoms with van der Waals surface area (Å²) in [5.74, 6) is -2.75. The van der Waals surface area contributed by atoms with E-state index in [2.05, 4.69) is 0 Å². The van der Waals surface area contributed by atoms with E-state index in [0.717, 1.165) is 0 Å². The number of rotatable bonds is 1. The smallest absolute Gasteiger partial charge is 0.339 e. The Morgan fingerprint density at radius 1 is 1.00 bits per heavy atom. The van der Waals surface area contributed by atoms with Gasteiger partial charge in [-0.15, -0.1) is 0 Å². The summed E-state index contributed by atoms with van der Waals surface area (Å²) in [4.78, 5) is 39.6. The molecule has 10 nitrogen and oxygen atoms in total. The second-order valence-electron chi connectivity index (χ2n) is 12.4. The number of carbonyl (C=O) groups is 3. The van der Waals surface area contributed by atoms with E-state index in [0.29, 0.717) is 5.56 Å². The van der Waals surface area contributed by atoms with Crippen LogP contribution in [0.1, 0.15) is 52.2 Å². The van der Waals surface area contributed by atoms with Crippen LogP contribution in [0.15, 0.2) is 23.0 Å². The van der Waals surface area contributed by atoms with Crippen molar-refractivity contribution in [2.75, 3.05) is 6.61 Å². The lowest BCUT2D eigenvalue weighted by Crippen LogP contribution is -2.78. The van der Waals surface area contributed by atoms with Crippen molar-refractivity contribution < 1.29 is 48.0 Å². The van der Waals surface area contributed by atoms with Crippen molar-refractivity contribution >= 4 is 17.7 Å². The standard InChI is InChI=1S/C26H30O10/c1-22(2)17-16(29)18(30)23(3)12(25(17)10-33-15(28)8-14(25)35-22)7-13(27)24(4)19(11-5-6-32-9-11)34-21(31)20-26(23,24)36-20/h5-6,9,12-14,17-20,27,30H,7-8,10H2,1-4H3. The summed E-state index contributed by atoms with van der Waals surface area (Å²) in [6.45, 7) is 7.08. The van der Waals surface area contributed by atoms with Gasteiger partial charge in [-0.1, -0.05) is 13.8 Å². The number of carbonyl (C=O) groups excluding carboxylic acids is 3. The van der Waals surface area contributed by atoms with Gasteiger partial charge in [-0.05, 0) is 32.3 Å². The van der Waals surface area contributed by atoms with Crippen LogP contribution in [-0.4, -0.2) is 70.2 Å². The van der Waals surface area contributed by atoms with E-state index in [1.165, 1.54) is 12.5 Å². The SMILES string of the molecule is CC1(C)OC2CC(=O)OCC23C1C(=O)C(O)C1(C)C3CC(O)C2(C)C(c3ccoc3)OC(=O)C3OC321. The average Bonchev–Trinajstić information content (AvgIpc) is 3.28. The van der Waals surface area contributed by atoms with E-state index in [1.807, 2.05) is 0 Å². The van der Waals surface area contributed by atoms with E-state index in [1.54, 1.807) is 33.8 Å². The van der Waals surface area contributed by atoms with Gasteiger partial charge in [-0.3, -0.25) is 9.59 Å². The first-order valence-electron chi connectivity index (χ1n) is 12.5. The van der Waals surface area contributed by atoms with E-state index in [-0.39, 0.29) is 19.4 Å². The van der Waals surface area contributed by atoms with Crippen molar-refractivity contribution in [3.8, 4) is 0 Å². The Bertz CT molecular complexity index is 1190. The molecule has 5 heterocycles. The molecule has 1 aromatic heterocycles. The molecular formula is C26H30O10. The molecule has 0 aromatic carbocycles. The molecule has 0 bridgehead atoms. The largest absolute Gasteiger partial charge is 0.472 e. The van der Waals surface area contributed by atoms with Crippen molar-refractivity contribution in [1.29, 1.82) is 0 Å². The number of epoxide rings is 1. The van der Waals surface area contributed by atoms with E-state index in [4.69, 9.17) is 23.4 Å². The number of cyclic esters (lactones) is 2. The highest BCUT2D eigenvalue weighted by Gasteiger charge is 2.92. The molecule has 10 heteroatoms. The molecule has 2 spiro atoms. The van der Waals surface area contributed by atoms with Crippen LogP contribution in [0, 0.1) is 28.1 Å². The zero-order chi connectivity index (χ0) is 25.6. The first kappa shape index (κ1) is 22.9. The van der Waals surface area contributed by atoms with Crippen molar-refractivity contribution in [3.63, 3.8) is 0 Å². The molecule has 2 saturated carbocycles. The summed E-state index contributed by atoms with van der Waals surface area (Å²) >= 11 is 0. The van der Waals surface area contributed by atoms with Crippen LogP contribution >= 0.6 is 0 Å². The second kappa shape index (κ2) is 6.40. The Labute approximate surface area is 207 Å². The van der Waals surface area contributed by atoms with Gasteiger partial charge in [-0.2, -0.15) is 0 Å². The molecule has 0 amide bonds. The van der Waals surface area contributed by atoms with Crippen LogP contribution in [0.25, 0.3) is 0 Å². The monoisotopic (exact) mass is 502 g/mol. The summed E-state index contributed by atoms with van der Waals surface area (Å²) < 4.78 is 29.3. The molecule has 4 aliphatic heterocycles. The number of ketones is 1. The lowest BCUT2D eigenvalue weighted by molar-refractivity contribution is -0.276. The second-order valence-corrected chi connectivity index (χ2v) is 12.4. The van der Waals surface area contributed by atoms with Crippen LogP contribution in [0.2, 0.25) is 0 Å². The first-order valence-corrected chi connectivity index (χ1v) is 12.5. The molecule has 4 saturated heterocycles. The van der Waals surface area contributed by atoms with Crippen LogP contribution < -0.4 is 0 Å². The number of furan rings is 1. The van der Waals surface area contributed by atoms with Crippen molar-refractivity contribution in [1.82, 2.24) is 0 Å². The summed E-state index contributed by atoms with van der Waals surface area (Å²) in [7, 11) is 0. The number of aliphatic hydroxyl groups is 2. The van der Waals surface area contributed by atoms with E-state index < -0.39 is 87.5 Å². The molecule has 1 aromatic rings. The third-order valence-corrected chi connectivity index (χ3v) is 10.8. The van der Waals surface area contributed by atoms with Gasteiger partial charge < -0.3 is 33.6 Å². The lowest BCUT2D eigenvalue weighted by Gasteiger charge is -2.67. The number of esters is 2. The summed E-state index contributed by atoms with van der Waals surface area (Å²) in [6.07, 6.45) is -2.07. The molecule has 0 radical (unpaired) electrons. The van der Waals surface area contributed by atoms with Gasteiger partial charge in [0.15, 0.2) is 11.9 Å². The maximum absolute atomic E-state index is 14.1. The molecular weight excluding hydrogens is 472 g/mol. The van der Waals surface area contributed by atoms with Crippen molar-refractivity contribution in [3.05, 3.63) is 24.2 Å². The normalized spacial score (nSPS) is 54.3. The van der Waals surface area contributed by atoms with Gasteiger partial charge in [0.1, 0.15) is 24.4 Å². The average molecular weight is 503 g/mol. The fourth-order valence-electron chi connectivity index (χ4n) is 9.45. The Balaban J connectivity index is 1.46. The van der Waals surface area contributed by atoms with Crippen LogP contribution in [-0.2, 0) is 33.3 Å². The third-order valence-electron chi connectivity index (χ3n) is 10.8. The molecule has 6 fully saturated rings. The van der Waals surface area contributed by atoms with Crippen molar-refractivity contribution in [2.45, 2.75) is 82.3 Å². The van der Waals surface area contributed by atoms with Gasteiger partial charge in [0, 0.05) is 16.4 Å². The van der Waals surface area contributed by atoms with E-state index in [9.17, 15) is 24.6 Å². The fraction of sp³-hybridized carbons (Fsp3) is 0.731. The quantitative estimate of drug-likeness (QED) is 0.423. The maximum atomic E-state index is 14.1. The minimum atomic E-state index is -1.50. The zero-order valence-electron chi connectivity index (χ0n) is 20.6. The Kier molecular flexibility index (Phi) is 4.07. The molecule has 2 N–H and O–H groups in total. The summed E-state index contributed by atoms with van der Waals surface area (Å²) in [5.41, 5.74) is -5.28. The van der Waals surface area contributed by atoms with Gasteiger partial charge in [0.2, 0.25) is 0 Å². The maximum Gasteiger partial charge on any atom is 0.339 e. The molecule has 7 rings (SSSR count). The highest BCUT2D eigenvalue weighted by atomic mass is 16.7. The first-order chi connectivity index (χ1) is 16.9. The zero-order valence-corrected chi connectivity index (χ0v) is 20.6. The Morgan fingerprint density at radius 3 is 2.44 bits per heavy atom. The third kappa shape index (κ3) is 2.13. The van der Waals surface area contributed by atoms with Crippen LogP contribution in [0.5, 0.6) is 0 Å².